The van der Waals surface area contributed by atoms with Crippen LogP contribution >= 0.6 is 11.5 Å². The van der Waals surface area contributed by atoms with Crippen molar-refractivity contribution < 1.29 is 21.6 Å². The van der Waals surface area contributed by atoms with E-state index in [-0.39, 0.29) is 11.2 Å². The van der Waals surface area contributed by atoms with Gasteiger partial charge in [0.15, 0.2) is 0 Å². The third kappa shape index (κ3) is 4.36. The Morgan fingerprint density at radius 1 is 0.970 bits per heavy atom. The van der Waals surface area contributed by atoms with Crippen molar-refractivity contribution in [1.82, 2.24) is 13.7 Å². The van der Waals surface area contributed by atoms with Gasteiger partial charge in [-0.25, -0.2) is 26.6 Å². The molecule has 0 aliphatic carbocycles. The van der Waals surface area contributed by atoms with Gasteiger partial charge in [-0.1, -0.05) is 12.1 Å². The third-order valence-electron chi connectivity index (χ3n) is 6.35. The van der Waals surface area contributed by atoms with Crippen LogP contribution in [0, 0.1) is 22.9 Å². The fourth-order valence-corrected chi connectivity index (χ4v) is 6.64. The molecule has 1 spiro atoms. The maximum atomic E-state index is 14.0. The van der Waals surface area contributed by atoms with E-state index in [9.17, 15) is 21.6 Å². The van der Waals surface area contributed by atoms with Crippen molar-refractivity contribution in [3.63, 3.8) is 0 Å². The summed E-state index contributed by atoms with van der Waals surface area (Å²) in [7, 11) is -4.00. The van der Waals surface area contributed by atoms with E-state index in [1.807, 2.05) is 0 Å². The van der Waals surface area contributed by atoms with Crippen molar-refractivity contribution in [3.8, 4) is 0 Å². The van der Waals surface area contributed by atoms with Crippen molar-refractivity contribution >= 4 is 26.7 Å². The predicted molar refractivity (Wildman–Crippen MR) is 118 cm³/mol. The highest BCUT2D eigenvalue weighted by Crippen LogP contribution is 2.44. The van der Waals surface area contributed by atoms with Gasteiger partial charge in [-0.05, 0) is 42.7 Å². The lowest BCUT2D eigenvalue weighted by atomic mass is 9.73. The highest BCUT2D eigenvalue weighted by atomic mass is 32.2. The Labute approximate surface area is 193 Å². The summed E-state index contributed by atoms with van der Waals surface area (Å²) < 4.78 is 71.6. The summed E-state index contributed by atoms with van der Waals surface area (Å²) in [4.78, 5) is 6.25. The van der Waals surface area contributed by atoms with Crippen molar-refractivity contribution in [2.45, 2.75) is 24.2 Å². The molecule has 33 heavy (non-hydrogen) atoms. The van der Waals surface area contributed by atoms with Gasteiger partial charge in [-0.2, -0.15) is 8.68 Å². The van der Waals surface area contributed by atoms with E-state index in [4.69, 9.17) is 0 Å². The Morgan fingerprint density at radius 2 is 1.64 bits per heavy atom. The number of benzene rings is 2. The summed E-state index contributed by atoms with van der Waals surface area (Å²) in [6.45, 7) is 2.10. The number of nitrogens with zero attached hydrogens (tertiary/aromatic N) is 4. The number of piperidine rings is 1. The molecule has 174 valence electrons. The van der Waals surface area contributed by atoms with E-state index < -0.39 is 26.6 Å². The van der Waals surface area contributed by atoms with Crippen LogP contribution in [0.2, 0.25) is 0 Å². The molecule has 2 aromatic carbocycles. The molecule has 0 amide bonds. The first-order chi connectivity index (χ1) is 15.7. The zero-order valence-electron chi connectivity index (χ0n) is 17.5. The summed E-state index contributed by atoms with van der Waals surface area (Å²) >= 11 is 1.32. The van der Waals surface area contributed by atoms with Crippen molar-refractivity contribution in [3.05, 3.63) is 71.3 Å². The van der Waals surface area contributed by atoms with E-state index in [0.29, 0.717) is 44.2 Å². The van der Waals surface area contributed by atoms with Gasteiger partial charge in [0.25, 0.3) is 0 Å². The maximum absolute atomic E-state index is 14.0. The standard InChI is InChI=1S/C22H21F3N4O2S2/c23-16-3-1-15(2-4-16)11-20-26-21(32-27-20)28-13-22(14-28)7-9-29(10-8-22)33(30,31)19-6-5-17(24)12-18(19)25/h1-6,12H,7-11,13-14H2. The van der Waals surface area contributed by atoms with E-state index >= 15 is 0 Å². The quantitative estimate of drug-likeness (QED) is 0.539. The molecule has 0 saturated carbocycles. The Hall–Kier alpha value is -2.50. The molecule has 0 radical (unpaired) electrons. The van der Waals surface area contributed by atoms with Gasteiger partial charge in [0.2, 0.25) is 15.2 Å². The first-order valence-electron chi connectivity index (χ1n) is 10.5. The number of sulfonamides is 1. The number of anilines is 1. The second-order valence-corrected chi connectivity index (χ2v) is 11.3. The van der Waals surface area contributed by atoms with Crippen LogP contribution in [0.1, 0.15) is 24.2 Å². The number of halogens is 3. The highest BCUT2D eigenvalue weighted by Gasteiger charge is 2.47. The van der Waals surface area contributed by atoms with Crippen LogP contribution in [-0.2, 0) is 16.4 Å². The predicted octanol–water partition coefficient (Wildman–Crippen LogP) is 3.84. The number of aromatic nitrogens is 2. The van der Waals surface area contributed by atoms with Gasteiger partial charge in [0, 0.05) is 55.6 Å². The van der Waals surface area contributed by atoms with Gasteiger partial charge in [0.1, 0.15) is 28.2 Å². The van der Waals surface area contributed by atoms with Crippen LogP contribution in [0.3, 0.4) is 0 Å². The van der Waals surface area contributed by atoms with Crippen molar-refractivity contribution in [1.29, 1.82) is 0 Å². The van der Waals surface area contributed by atoms with E-state index in [0.717, 1.165) is 35.9 Å². The van der Waals surface area contributed by atoms with Gasteiger partial charge in [-0.15, -0.1) is 0 Å². The minimum Gasteiger partial charge on any atom is -0.346 e. The summed E-state index contributed by atoms with van der Waals surface area (Å²) in [6, 6.07) is 8.79. The first kappa shape index (κ1) is 22.3. The van der Waals surface area contributed by atoms with E-state index in [1.54, 1.807) is 12.1 Å². The van der Waals surface area contributed by atoms with Crippen LogP contribution in [0.15, 0.2) is 47.4 Å². The van der Waals surface area contributed by atoms with Crippen molar-refractivity contribution in [2.24, 2.45) is 5.41 Å². The monoisotopic (exact) mass is 494 g/mol. The molecule has 6 nitrogen and oxygen atoms in total. The highest BCUT2D eigenvalue weighted by molar-refractivity contribution is 7.89. The third-order valence-corrected chi connectivity index (χ3v) is 9.10. The average molecular weight is 495 g/mol. The Bertz CT molecular complexity index is 1270. The van der Waals surface area contributed by atoms with Crippen LogP contribution in [0.25, 0.3) is 0 Å². The fraction of sp³-hybridized carbons (Fsp3) is 0.364. The molecule has 0 bridgehead atoms. The summed E-state index contributed by atoms with van der Waals surface area (Å²) in [5.41, 5.74) is 0.933. The topological polar surface area (TPSA) is 66.4 Å². The number of rotatable bonds is 5. The second-order valence-electron chi connectivity index (χ2n) is 8.63. The Balaban J connectivity index is 1.18. The van der Waals surface area contributed by atoms with E-state index in [1.165, 1.54) is 28.0 Å². The van der Waals surface area contributed by atoms with E-state index in [2.05, 4.69) is 14.3 Å². The first-order valence-corrected chi connectivity index (χ1v) is 12.7. The number of hydrogen-bond donors (Lipinski definition) is 0. The molecule has 2 saturated heterocycles. The SMILES string of the molecule is O=S(=O)(c1ccc(F)cc1F)N1CCC2(CC1)CN(c1nc(Cc3ccc(F)cc3)ns1)C2. The molecule has 3 heterocycles. The molecule has 2 fully saturated rings. The Morgan fingerprint density at radius 3 is 2.30 bits per heavy atom. The minimum atomic E-state index is -4.00. The molecule has 0 unspecified atom stereocenters. The molecular formula is C22H21F3N4O2S2. The molecule has 2 aliphatic rings. The van der Waals surface area contributed by atoms with Crippen LogP contribution in [0.5, 0.6) is 0 Å². The second kappa shape index (κ2) is 8.37. The fourth-order valence-electron chi connectivity index (χ4n) is 4.47. The zero-order chi connectivity index (χ0) is 23.2. The number of hydrogen-bond acceptors (Lipinski definition) is 6. The molecule has 1 aromatic heterocycles. The normalized spacial score (nSPS) is 18.5. The van der Waals surface area contributed by atoms with Crippen LogP contribution in [0.4, 0.5) is 18.3 Å². The largest absolute Gasteiger partial charge is 0.346 e. The minimum absolute atomic E-state index is 0.00382. The smallest absolute Gasteiger partial charge is 0.245 e. The summed E-state index contributed by atoms with van der Waals surface area (Å²) in [5.74, 6) is -1.48. The lowest BCUT2D eigenvalue weighted by Gasteiger charge is -2.53. The van der Waals surface area contributed by atoms with Gasteiger partial charge in [0.05, 0.1) is 0 Å². The van der Waals surface area contributed by atoms with Crippen LogP contribution in [-0.4, -0.2) is 48.3 Å². The van der Waals surface area contributed by atoms with Crippen LogP contribution < -0.4 is 4.90 Å². The lowest BCUT2D eigenvalue weighted by Crippen LogP contribution is -2.61. The summed E-state index contributed by atoms with van der Waals surface area (Å²) in [5, 5.41) is 0.821. The van der Waals surface area contributed by atoms with Crippen molar-refractivity contribution in [2.75, 3.05) is 31.1 Å². The molecule has 2 aliphatic heterocycles. The van der Waals surface area contributed by atoms with Gasteiger partial charge < -0.3 is 4.90 Å². The average Bonchev–Trinajstić information content (AvgIpc) is 3.21. The molecule has 11 heteroatoms. The zero-order valence-corrected chi connectivity index (χ0v) is 19.2. The molecule has 0 N–H and O–H groups in total. The van der Waals surface area contributed by atoms with Gasteiger partial charge >= 0.3 is 0 Å². The lowest BCUT2D eigenvalue weighted by molar-refractivity contribution is 0.114. The summed E-state index contributed by atoms with van der Waals surface area (Å²) in [6.07, 6.45) is 1.85. The molecule has 3 aromatic rings. The molecule has 0 atom stereocenters. The maximum Gasteiger partial charge on any atom is 0.245 e. The molecule has 5 rings (SSSR count). The Kier molecular flexibility index (Phi) is 5.66. The molecular weight excluding hydrogens is 473 g/mol. The van der Waals surface area contributed by atoms with Gasteiger partial charge in [-0.3, -0.25) is 0 Å².